The molecule has 2 aliphatic heterocycles. The quantitative estimate of drug-likeness (QED) is 0.808. The second-order valence-corrected chi connectivity index (χ2v) is 4.78. The number of benzene rings is 1. The topological polar surface area (TPSA) is 50.7 Å². The van der Waals surface area contributed by atoms with Crippen LogP contribution in [0.5, 0.6) is 17.2 Å². The van der Waals surface area contributed by atoms with Crippen LogP contribution in [0.2, 0.25) is 5.02 Å². The van der Waals surface area contributed by atoms with Gasteiger partial charge in [0.05, 0.1) is 0 Å². The highest BCUT2D eigenvalue weighted by molar-refractivity contribution is 6.34. The number of ether oxygens (including phenoxy) is 2. The first-order chi connectivity index (χ1) is 8.27. The molecule has 0 bridgehead atoms. The van der Waals surface area contributed by atoms with Gasteiger partial charge in [0.15, 0.2) is 11.5 Å². The van der Waals surface area contributed by atoms with E-state index < -0.39 is 0 Å². The van der Waals surface area contributed by atoms with Gasteiger partial charge in [-0.25, -0.2) is 0 Å². The Labute approximate surface area is 104 Å². The van der Waals surface area contributed by atoms with E-state index in [2.05, 4.69) is 5.32 Å². The molecule has 1 fully saturated rings. The molecule has 1 atom stereocenters. The summed E-state index contributed by atoms with van der Waals surface area (Å²) < 4.78 is 10.6. The maximum absolute atomic E-state index is 10.1. The van der Waals surface area contributed by atoms with Crippen molar-refractivity contribution in [3.63, 3.8) is 0 Å². The lowest BCUT2D eigenvalue weighted by Crippen LogP contribution is -2.28. The van der Waals surface area contributed by atoms with Crippen LogP contribution in [0.25, 0.3) is 0 Å². The van der Waals surface area contributed by atoms with Crippen LogP contribution >= 0.6 is 11.6 Å². The zero-order valence-electron chi connectivity index (χ0n) is 9.33. The number of aromatic hydroxyl groups is 1. The minimum absolute atomic E-state index is 0.129. The maximum atomic E-state index is 10.1. The summed E-state index contributed by atoms with van der Waals surface area (Å²) in [5.41, 5.74) is 0.853. The lowest BCUT2D eigenvalue weighted by atomic mass is 9.90. The highest BCUT2D eigenvalue weighted by Crippen LogP contribution is 2.48. The summed E-state index contributed by atoms with van der Waals surface area (Å²) in [5, 5.41) is 13.7. The number of hydrogen-bond acceptors (Lipinski definition) is 4. The number of fused-ring (bicyclic) bond motifs is 1. The summed E-state index contributed by atoms with van der Waals surface area (Å²) >= 11 is 6.09. The van der Waals surface area contributed by atoms with E-state index in [1.54, 1.807) is 0 Å². The second-order valence-electron chi connectivity index (χ2n) is 4.41. The molecule has 3 rings (SSSR count). The molecule has 92 valence electrons. The van der Waals surface area contributed by atoms with Crippen molar-refractivity contribution in [3.05, 3.63) is 16.7 Å². The Bertz CT molecular complexity index is 444. The highest BCUT2D eigenvalue weighted by atomic mass is 35.5. The van der Waals surface area contributed by atoms with Crippen molar-refractivity contribution in [3.8, 4) is 17.2 Å². The van der Waals surface area contributed by atoms with E-state index in [0.29, 0.717) is 11.5 Å². The van der Waals surface area contributed by atoms with Gasteiger partial charge in [0.1, 0.15) is 10.8 Å². The van der Waals surface area contributed by atoms with Gasteiger partial charge >= 0.3 is 0 Å². The predicted octanol–water partition coefficient (Wildman–Crippen LogP) is 2.24. The molecule has 0 aromatic heterocycles. The van der Waals surface area contributed by atoms with E-state index in [4.69, 9.17) is 21.1 Å². The lowest BCUT2D eigenvalue weighted by Gasteiger charge is -2.24. The Hall–Kier alpha value is -1.13. The predicted molar refractivity (Wildman–Crippen MR) is 64.1 cm³/mol. The van der Waals surface area contributed by atoms with Crippen molar-refractivity contribution in [1.82, 2.24) is 5.32 Å². The Balaban J connectivity index is 2.01. The first-order valence-electron chi connectivity index (χ1n) is 5.79. The first-order valence-corrected chi connectivity index (χ1v) is 6.17. The average molecular weight is 256 g/mol. The van der Waals surface area contributed by atoms with E-state index >= 15 is 0 Å². The molecule has 2 heterocycles. The van der Waals surface area contributed by atoms with Crippen molar-refractivity contribution in [2.75, 3.05) is 19.9 Å². The third-order valence-corrected chi connectivity index (χ3v) is 3.70. The third-order valence-electron chi connectivity index (χ3n) is 3.35. The number of halogens is 1. The molecular weight excluding hydrogens is 242 g/mol. The van der Waals surface area contributed by atoms with Crippen LogP contribution < -0.4 is 14.8 Å². The van der Waals surface area contributed by atoms with E-state index in [1.807, 2.05) is 6.07 Å². The fourth-order valence-electron chi connectivity index (χ4n) is 2.44. The van der Waals surface area contributed by atoms with Gasteiger partial charge in [-0.05, 0) is 25.5 Å². The summed E-state index contributed by atoms with van der Waals surface area (Å²) in [4.78, 5) is 0. The Morgan fingerprint density at radius 2 is 2.29 bits per heavy atom. The van der Waals surface area contributed by atoms with E-state index in [1.165, 1.54) is 0 Å². The Morgan fingerprint density at radius 1 is 1.41 bits per heavy atom. The number of phenols is 1. The van der Waals surface area contributed by atoms with Crippen LogP contribution in [0.1, 0.15) is 24.3 Å². The lowest BCUT2D eigenvalue weighted by molar-refractivity contribution is 0.174. The van der Waals surface area contributed by atoms with Crippen LogP contribution in [-0.2, 0) is 0 Å². The number of piperidine rings is 1. The van der Waals surface area contributed by atoms with Crippen molar-refractivity contribution in [1.29, 1.82) is 0 Å². The average Bonchev–Trinajstić information content (AvgIpc) is 2.83. The van der Waals surface area contributed by atoms with Gasteiger partial charge in [-0.2, -0.15) is 0 Å². The van der Waals surface area contributed by atoms with Crippen LogP contribution in [-0.4, -0.2) is 25.0 Å². The van der Waals surface area contributed by atoms with Crippen molar-refractivity contribution >= 4 is 11.6 Å². The molecule has 2 N–H and O–H groups in total. The molecule has 0 aliphatic carbocycles. The van der Waals surface area contributed by atoms with Crippen LogP contribution in [0, 0.1) is 0 Å². The highest BCUT2D eigenvalue weighted by Gasteiger charge is 2.27. The SMILES string of the molecule is Oc1c(C2CCCNC2)cc2c(c1Cl)OCO2. The zero-order valence-corrected chi connectivity index (χ0v) is 10.1. The van der Waals surface area contributed by atoms with Gasteiger partial charge in [0.2, 0.25) is 6.79 Å². The number of nitrogens with one attached hydrogen (secondary N) is 1. The smallest absolute Gasteiger partial charge is 0.231 e. The van der Waals surface area contributed by atoms with Crippen molar-refractivity contribution < 1.29 is 14.6 Å². The van der Waals surface area contributed by atoms with Crippen molar-refractivity contribution in [2.45, 2.75) is 18.8 Å². The van der Waals surface area contributed by atoms with Crippen LogP contribution in [0.15, 0.2) is 6.07 Å². The van der Waals surface area contributed by atoms with E-state index in [0.717, 1.165) is 31.5 Å². The summed E-state index contributed by atoms with van der Waals surface area (Å²) in [6, 6.07) is 1.85. The van der Waals surface area contributed by atoms with Gasteiger partial charge in [-0.15, -0.1) is 0 Å². The summed E-state index contributed by atoms with van der Waals surface area (Å²) in [5.74, 6) is 1.51. The van der Waals surface area contributed by atoms with E-state index in [-0.39, 0.29) is 23.5 Å². The van der Waals surface area contributed by atoms with Gasteiger partial charge in [-0.3, -0.25) is 0 Å². The summed E-state index contributed by atoms with van der Waals surface area (Å²) in [7, 11) is 0. The van der Waals surface area contributed by atoms with Gasteiger partial charge in [-0.1, -0.05) is 11.6 Å². The standard InChI is InChI=1S/C12H14ClNO3/c13-10-11(15)8(7-2-1-3-14-5-7)4-9-12(10)17-6-16-9/h4,7,14-15H,1-3,5-6H2. The molecule has 1 aromatic rings. The van der Waals surface area contributed by atoms with Crippen molar-refractivity contribution in [2.24, 2.45) is 0 Å². The fourth-order valence-corrected chi connectivity index (χ4v) is 2.70. The molecule has 5 heteroatoms. The molecule has 1 aromatic carbocycles. The van der Waals surface area contributed by atoms with E-state index in [9.17, 15) is 5.11 Å². The van der Waals surface area contributed by atoms with Gasteiger partial charge in [0, 0.05) is 18.0 Å². The molecule has 1 saturated heterocycles. The number of rotatable bonds is 1. The van der Waals surface area contributed by atoms with Gasteiger partial charge in [0.25, 0.3) is 0 Å². The third kappa shape index (κ3) is 1.81. The second kappa shape index (κ2) is 4.27. The fraction of sp³-hybridized carbons (Fsp3) is 0.500. The zero-order chi connectivity index (χ0) is 11.8. The normalized spacial score (nSPS) is 22.8. The Morgan fingerprint density at radius 3 is 3.06 bits per heavy atom. The largest absolute Gasteiger partial charge is 0.506 e. The molecule has 0 radical (unpaired) electrons. The molecule has 2 aliphatic rings. The number of phenolic OH excluding ortho intramolecular Hbond substituents is 1. The molecule has 17 heavy (non-hydrogen) atoms. The Kier molecular flexibility index (Phi) is 2.76. The maximum Gasteiger partial charge on any atom is 0.231 e. The molecule has 0 saturated carbocycles. The molecule has 0 amide bonds. The first kappa shape index (κ1) is 11.0. The minimum Gasteiger partial charge on any atom is -0.506 e. The number of hydrogen-bond donors (Lipinski definition) is 2. The van der Waals surface area contributed by atoms with Gasteiger partial charge < -0.3 is 19.9 Å². The summed E-state index contributed by atoms with van der Waals surface area (Å²) in [6.45, 7) is 2.07. The summed E-state index contributed by atoms with van der Waals surface area (Å²) in [6.07, 6.45) is 2.16. The van der Waals surface area contributed by atoms with Crippen LogP contribution in [0.4, 0.5) is 0 Å². The monoisotopic (exact) mass is 255 g/mol. The molecule has 4 nitrogen and oxygen atoms in total. The van der Waals surface area contributed by atoms with Crippen LogP contribution in [0.3, 0.4) is 0 Å². The molecular formula is C12H14ClNO3. The minimum atomic E-state index is 0.129. The molecule has 0 spiro atoms. The molecule has 1 unspecified atom stereocenters.